The molecular formula is C17H18FN3O3. The van der Waals surface area contributed by atoms with E-state index in [2.05, 4.69) is 5.10 Å². The predicted molar refractivity (Wildman–Crippen MR) is 84.2 cm³/mol. The second kappa shape index (κ2) is 6.07. The lowest BCUT2D eigenvalue weighted by Gasteiger charge is -2.16. The average molecular weight is 331 g/mol. The van der Waals surface area contributed by atoms with Gasteiger partial charge in [0.25, 0.3) is 0 Å². The van der Waals surface area contributed by atoms with Crippen LogP contribution in [-0.2, 0) is 16.1 Å². The quantitative estimate of drug-likeness (QED) is 0.930. The van der Waals surface area contributed by atoms with Gasteiger partial charge < -0.3 is 10.0 Å². The minimum absolute atomic E-state index is 0.0412. The maximum Gasteiger partial charge on any atom is 0.308 e. The molecule has 1 aliphatic heterocycles. The molecule has 0 spiro atoms. The summed E-state index contributed by atoms with van der Waals surface area (Å²) in [6, 6.07) is 6.01. The van der Waals surface area contributed by atoms with E-state index in [9.17, 15) is 14.0 Å². The highest BCUT2D eigenvalue weighted by Gasteiger charge is 2.34. The molecule has 1 saturated heterocycles. The number of hydrogen-bond acceptors (Lipinski definition) is 3. The number of nitrogens with zero attached hydrogens (tertiary/aromatic N) is 3. The normalized spacial score (nSPS) is 17.5. The van der Waals surface area contributed by atoms with Gasteiger partial charge in [-0.05, 0) is 38.1 Å². The van der Waals surface area contributed by atoms with Gasteiger partial charge in [-0.15, -0.1) is 0 Å². The molecule has 0 bridgehead atoms. The summed E-state index contributed by atoms with van der Waals surface area (Å²) >= 11 is 0. The van der Waals surface area contributed by atoms with Crippen LogP contribution in [0.2, 0.25) is 0 Å². The van der Waals surface area contributed by atoms with Crippen LogP contribution in [0.3, 0.4) is 0 Å². The van der Waals surface area contributed by atoms with Crippen molar-refractivity contribution in [2.45, 2.75) is 26.8 Å². The second-order valence-corrected chi connectivity index (χ2v) is 6.05. The third-order valence-corrected chi connectivity index (χ3v) is 4.43. The number of aryl methyl sites for hydroxylation is 1. The van der Waals surface area contributed by atoms with Crippen LogP contribution < -0.4 is 0 Å². The number of carboxylic acids is 1. The Hall–Kier alpha value is -2.70. The number of amides is 1. The zero-order chi connectivity index (χ0) is 17.4. The number of hydrogen-bond donors (Lipinski definition) is 1. The van der Waals surface area contributed by atoms with E-state index in [4.69, 9.17) is 5.11 Å². The Labute approximate surface area is 138 Å². The summed E-state index contributed by atoms with van der Waals surface area (Å²) in [7, 11) is 0. The van der Waals surface area contributed by atoms with Gasteiger partial charge in [-0.1, -0.05) is 0 Å². The van der Waals surface area contributed by atoms with Crippen LogP contribution in [0.5, 0.6) is 0 Å². The van der Waals surface area contributed by atoms with Crippen molar-refractivity contribution >= 4 is 11.9 Å². The molecule has 0 saturated carbocycles. The zero-order valence-electron chi connectivity index (χ0n) is 13.5. The van der Waals surface area contributed by atoms with E-state index in [1.165, 1.54) is 12.1 Å². The molecule has 2 heterocycles. The Morgan fingerprint density at radius 1 is 1.33 bits per heavy atom. The molecule has 1 aliphatic rings. The molecule has 7 heteroatoms. The largest absolute Gasteiger partial charge is 0.481 e. The number of aromatic nitrogens is 2. The van der Waals surface area contributed by atoms with Gasteiger partial charge in [-0.2, -0.15) is 5.10 Å². The van der Waals surface area contributed by atoms with Crippen LogP contribution in [0.1, 0.15) is 23.4 Å². The van der Waals surface area contributed by atoms with Crippen LogP contribution in [0.25, 0.3) is 5.69 Å². The van der Waals surface area contributed by atoms with E-state index in [0.717, 1.165) is 22.6 Å². The fourth-order valence-electron chi connectivity index (χ4n) is 3.02. The molecule has 0 radical (unpaired) electrons. The molecule has 1 aromatic heterocycles. The van der Waals surface area contributed by atoms with Crippen LogP contribution in [0, 0.1) is 25.6 Å². The van der Waals surface area contributed by atoms with E-state index < -0.39 is 11.9 Å². The van der Waals surface area contributed by atoms with E-state index in [-0.39, 0.29) is 24.7 Å². The van der Waals surface area contributed by atoms with E-state index in [1.807, 2.05) is 13.8 Å². The van der Waals surface area contributed by atoms with Crippen molar-refractivity contribution in [1.29, 1.82) is 0 Å². The van der Waals surface area contributed by atoms with Crippen molar-refractivity contribution in [3.8, 4) is 5.69 Å². The summed E-state index contributed by atoms with van der Waals surface area (Å²) in [5.74, 6) is -2.06. The molecule has 2 aromatic rings. The van der Waals surface area contributed by atoms with Crippen molar-refractivity contribution in [3.63, 3.8) is 0 Å². The van der Waals surface area contributed by atoms with Crippen LogP contribution in [0.15, 0.2) is 24.3 Å². The predicted octanol–water partition coefficient (Wildman–Crippen LogP) is 2.06. The highest BCUT2D eigenvalue weighted by atomic mass is 19.1. The SMILES string of the molecule is Cc1nn(-c2ccc(F)cc2)c(C)c1CN1C[C@@H](C(=O)O)CC1=O. The lowest BCUT2D eigenvalue weighted by Crippen LogP contribution is -2.26. The Morgan fingerprint density at radius 2 is 2.00 bits per heavy atom. The lowest BCUT2D eigenvalue weighted by atomic mass is 10.1. The number of rotatable bonds is 4. The number of halogens is 1. The summed E-state index contributed by atoms with van der Waals surface area (Å²) in [5, 5.41) is 13.5. The molecular weight excluding hydrogens is 313 g/mol. The van der Waals surface area contributed by atoms with Gasteiger partial charge in [0, 0.05) is 30.8 Å². The van der Waals surface area contributed by atoms with Crippen molar-refractivity contribution < 1.29 is 19.1 Å². The molecule has 1 aromatic carbocycles. The summed E-state index contributed by atoms with van der Waals surface area (Å²) < 4.78 is 14.8. The van der Waals surface area contributed by atoms with Crippen LogP contribution in [0.4, 0.5) is 4.39 Å². The summed E-state index contributed by atoms with van der Waals surface area (Å²) in [5.41, 5.74) is 3.24. The molecule has 6 nitrogen and oxygen atoms in total. The average Bonchev–Trinajstić information content (AvgIpc) is 3.04. The van der Waals surface area contributed by atoms with Crippen molar-refractivity contribution in [1.82, 2.24) is 14.7 Å². The lowest BCUT2D eigenvalue weighted by molar-refractivity contribution is -0.141. The Balaban J connectivity index is 1.86. The van der Waals surface area contributed by atoms with Crippen LogP contribution >= 0.6 is 0 Å². The summed E-state index contributed by atoms with van der Waals surface area (Å²) in [6.07, 6.45) is 0.0412. The molecule has 24 heavy (non-hydrogen) atoms. The molecule has 0 unspecified atom stereocenters. The highest BCUT2D eigenvalue weighted by Crippen LogP contribution is 2.24. The Bertz CT molecular complexity index is 798. The summed E-state index contributed by atoms with van der Waals surface area (Å²) in [6.45, 7) is 4.28. The van der Waals surface area contributed by atoms with Crippen molar-refractivity contribution in [2.24, 2.45) is 5.92 Å². The summed E-state index contributed by atoms with van der Waals surface area (Å²) in [4.78, 5) is 24.7. The van der Waals surface area contributed by atoms with Crippen molar-refractivity contribution in [2.75, 3.05) is 6.54 Å². The Kier molecular flexibility index (Phi) is 4.09. The molecule has 1 atom stereocenters. The monoisotopic (exact) mass is 331 g/mol. The molecule has 1 amide bonds. The van der Waals surface area contributed by atoms with Crippen molar-refractivity contribution in [3.05, 3.63) is 47.0 Å². The Morgan fingerprint density at radius 3 is 2.58 bits per heavy atom. The minimum Gasteiger partial charge on any atom is -0.481 e. The minimum atomic E-state index is -0.943. The standard InChI is InChI=1S/C17H18FN3O3/c1-10-15(9-20-8-12(17(23)24)7-16(20)22)11(2)21(19-10)14-5-3-13(18)4-6-14/h3-6,12H,7-9H2,1-2H3,(H,23,24)/t12-/m0/s1. The number of carbonyl (C=O) groups excluding carboxylic acids is 1. The van der Waals surface area contributed by atoms with Gasteiger partial charge in [-0.25, -0.2) is 9.07 Å². The third kappa shape index (κ3) is 2.89. The van der Waals surface area contributed by atoms with Crippen LogP contribution in [-0.4, -0.2) is 38.2 Å². The zero-order valence-corrected chi connectivity index (χ0v) is 13.5. The number of carboxylic acid groups (broad SMARTS) is 1. The molecule has 1 fully saturated rings. The molecule has 1 N–H and O–H groups in total. The first-order valence-corrected chi connectivity index (χ1v) is 7.68. The molecule has 3 rings (SSSR count). The van der Waals surface area contributed by atoms with Gasteiger partial charge in [0.05, 0.1) is 17.3 Å². The first-order chi connectivity index (χ1) is 11.4. The fourth-order valence-corrected chi connectivity index (χ4v) is 3.02. The maximum atomic E-state index is 13.1. The van der Waals surface area contributed by atoms with E-state index >= 15 is 0 Å². The smallest absolute Gasteiger partial charge is 0.308 e. The first kappa shape index (κ1) is 16.2. The number of benzene rings is 1. The van der Waals surface area contributed by atoms with Gasteiger partial charge in [0.15, 0.2) is 0 Å². The van der Waals surface area contributed by atoms with Gasteiger partial charge in [0.2, 0.25) is 5.91 Å². The molecule has 0 aliphatic carbocycles. The van der Waals surface area contributed by atoms with E-state index in [1.54, 1.807) is 21.7 Å². The number of likely N-dealkylation sites (tertiary alicyclic amines) is 1. The van der Waals surface area contributed by atoms with Gasteiger partial charge >= 0.3 is 5.97 Å². The maximum absolute atomic E-state index is 13.1. The van der Waals surface area contributed by atoms with Gasteiger partial charge in [-0.3, -0.25) is 9.59 Å². The second-order valence-electron chi connectivity index (χ2n) is 6.05. The van der Waals surface area contributed by atoms with E-state index in [0.29, 0.717) is 6.54 Å². The topological polar surface area (TPSA) is 75.4 Å². The van der Waals surface area contributed by atoms with Gasteiger partial charge in [0.1, 0.15) is 5.82 Å². The number of aliphatic carboxylic acids is 1. The highest BCUT2D eigenvalue weighted by molar-refractivity contribution is 5.86. The third-order valence-electron chi connectivity index (χ3n) is 4.43. The number of carbonyl (C=O) groups is 2. The molecule has 126 valence electrons. The fraction of sp³-hybridized carbons (Fsp3) is 0.353. The first-order valence-electron chi connectivity index (χ1n) is 7.68.